The molecule has 0 nitrogen and oxygen atoms in total. The highest BCUT2D eigenvalue weighted by molar-refractivity contribution is 6.21. The normalized spacial score (nSPS) is 14.1. The maximum atomic E-state index is 6.69. The summed E-state index contributed by atoms with van der Waals surface area (Å²) in [7, 11) is 0. The number of rotatable bonds is 5. The second kappa shape index (κ2) is 6.77. The molecule has 0 bridgehead atoms. The van der Waals surface area contributed by atoms with Gasteiger partial charge < -0.3 is 0 Å². The number of hydrogen-bond acceptors (Lipinski definition) is 0. The smallest absolute Gasteiger partial charge is 0.0445 e. The molecule has 2 atom stereocenters. The Kier molecular flexibility index (Phi) is 5.04. The van der Waals surface area contributed by atoms with Crippen LogP contribution in [0.1, 0.15) is 42.4 Å². The van der Waals surface area contributed by atoms with Crippen molar-refractivity contribution in [3.63, 3.8) is 0 Å². The van der Waals surface area contributed by atoms with Gasteiger partial charge in [-0.25, -0.2) is 0 Å². The van der Waals surface area contributed by atoms with Crippen LogP contribution in [0.25, 0.3) is 0 Å². The largest absolute Gasteiger partial charge is 0.122 e. The van der Waals surface area contributed by atoms with Crippen LogP contribution in [0, 0.1) is 6.92 Å². The minimum Gasteiger partial charge on any atom is -0.122 e. The summed E-state index contributed by atoms with van der Waals surface area (Å²) in [6.07, 6.45) is 2.15. The van der Waals surface area contributed by atoms with Crippen LogP contribution >= 0.6 is 11.6 Å². The molecule has 0 spiro atoms. The molecule has 0 aliphatic heterocycles. The van der Waals surface area contributed by atoms with Crippen LogP contribution in [0.2, 0.25) is 0 Å². The molecule has 0 fully saturated rings. The van der Waals surface area contributed by atoms with Gasteiger partial charge in [0.1, 0.15) is 0 Å². The number of alkyl halides is 1. The van der Waals surface area contributed by atoms with Crippen molar-refractivity contribution in [2.45, 2.75) is 38.0 Å². The van der Waals surface area contributed by atoms with E-state index in [1.54, 1.807) is 0 Å². The monoisotopic (exact) mass is 272 g/mol. The summed E-state index contributed by atoms with van der Waals surface area (Å²) in [5, 5.41) is 0.147. The van der Waals surface area contributed by atoms with Crippen LogP contribution in [0.3, 0.4) is 0 Å². The van der Waals surface area contributed by atoms with Crippen molar-refractivity contribution in [2.75, 3.05) is 0 Å². The summed E-state index contributed by atoms with van der Waals surface area (Å²) in [5.74, 6) is 0.281. The Morgan fingerprint density at radius 2 is 1.58 bits per heavy atom. The molecule has 2 rings (SSSR count). The molecule has 0 heterocycles. The SMILES string of the molecule is CCCC(Cl)C(c1ccccc1)c1ccccc1C. The Balaban J connectivity index is 2.43. The molecule has 100 valence electrons. The van der Waals surface area contributed by atoms with Gasteiger partial charge in [0.05, 0.1) is 0 Å². The van der Waals surface area contributed by atoms with Crippen molar-refractivity contribution in [3.05, 3.63) is 71.3 Å². The van der Waals surface area contributed by atoms with E-state index in [0.29, 0.717) is 0 Å². The second-order valence-corrected chi connectivity index (χ2v) is 5.61. The molecular formula is C18H21Cl. The van der Waals surface area contributed by atoms with Gasteiger partial charge in [-0.2, -0.15) is 0 Å². The van der Waals surface area contributed by atoms with E-state index in [-0.39, 0.29) is 11.3 Å². The van der Waals surface area contributed by atoms with Crippen LogP contribution < -0.4 is 0 Å². The second-order valence-electron chi connectivity index (χ2n) is 5.05. The van der Waals surface area contributed by atoms with Gasteiger partial charge in [-0.1, -0.05) is 67.9 Å². The van der Waals surface area contributed by atoms with E-state index in [9.17, 15) is 0 Å². The van der Waals surface area contributed by atoms with Crippen LogP contribution in [0.15, 0.2) is 54.6 Å². The Morgan fingerprint density at radius 1 is 0.947 bits per heavy atom. The maximum absolute atomic E-state index is 6.69. The fraction of sp³-hybridized carbons (Fsp3) is 0.333. The van der Waals surface area contributed by atoms with Gasteiger partial charge in [0, 0.05) is 11.3 Å². The van der Waals surface area contributed by atoms with Gasteiger partial charge in [-0.3, -0.25) is 0 Å². The number of benzene rings is 2. The van der Waals surface area contributed by atoms with Crippen molar-refractivity contribution < 1.29 is 0 Å². The molecule has 0 aliphatic carbocycles. The molecule has 0 N–H and O–H groups in total. The summed E-state index contributed by atoms with van der Waals surface area (Å²) < 4.78 is 0. The van der Waals surface area contributed by atoms with Gasteiger partial charge in [-0.15, -0.1) is 11.6 Å². The highest BCUT2D eigenvalue weighted by Crippen LogP contribution is 2.35. The van der Waals surface area contributed by atoms with E-state index in [4.69, 9.17) is 11.6 Å². The van der Waals surface area contributed by atoms with Gasteiger partial charge in [0.25, 0.3) is 0 Å². The topological polar surface area (TPSA) is 0 Å². The summed E-state index contributed by atoms with van der Waals surface area (Å²) in [4.78, 5) is 0. The van der Waals surface area contributed by atoms with Crippen LogP contribution in [-0.4, -0.2) is 5.38 Å². The molecule has 0 amide bonds. The van der Waals surface area contributed by atoms with Crippen molar-refractivity contribution >= 4 is 11.6 Å². The number of aryl methyl sites for hydroxylation is 1. The Hall–Kier alpha value is -1.27. The fourth-order valence-electron chi connectivity index (χ4n) is 2.62. The third-order valence-electron chi connectivity index (χ3n) is 3.61. The highest BCUT2D eigenvalue weighted by Gasteiger charge is 2.23. The Labute approximate surface area is 121 Å². The molecule has 1 heteroatoms. The Morgan fingerprint density at radius 3 is 2.21 bits per heavy atom. The first-order chi connectivity index (χ1) is 9.24. The quantitative estimate of drug-likeness (QED) is 0.628. The molecule has 0 aliphatic rings. The van der Waals surface area contributed by atoms with Crippen molar-refractivity contribution in [1.82, 2.24) is 0 Å². The van der Waals surface area contributed by atoms with Gasteiger partial charge >= 0.3 is 0 Å². The lowest BCUT2D eigenvalue weighted by atomic mass is 9.84. The van der Waals surface area contributed by atoms with E-state index in [0.717, 1.165) is 12.8 Å². The van der Waals surface area contributed by atoms with E-state index in [1.807, 2.05) is 0 Å². The average molecular weight is 273 g/mol. The molecule has 0 saturated carbocycles. The summed E-state index contributed by atoms with van der Waals surface area (Å²) in [5.41, 5.74) is 3.98. The Bertz CT molecular complexity index is 504. The third-order valence-corrected chi connectivity index (χ3v) is 4.08. The first-order valence-corrected chi connectivity index (χ1v) is 7.42. The van der Waals surface area contributed by atoms with Gasteiger partial charge in [0.15, 0.2) is 0 Å². The summed E-state index contributed by atoms with van der Waals surface area (Å²) in [6, 6.07) is 19.2. The van der Waals surface area contributed by atoms with Crippen molar-refractivity contribution in [1.29, 1.82) is 0 Å². The van der Waals surface area contributed by atoms with Crippen LogP contribution in [-0.2, 0) is 0 Å². The molecule has 2 unspecified atom stereocenters. The van der Waals surface area contributed by atoms with Crippen LogP contribution in [0.5, 0.6) is 0 Å². The molecular weight excluding hydrogens is 252 g/mol. The standard InChI is InChI=1S/C18H21Cl/c1-3-9-17(19)18(15-11-5-4-6-12-15)16-13-8-7-10-14(16)2/h4-8,10-13,17-18H,3,9H2,1-2H3. The number of halogens is 1. The van der Waals surface area contributed by atoms with E-state index in [2.05, 4.69) is 68.4 Å². The van der Waals surface area contributed by atoms with E-state index < -0.39 is 0 Å². The average Bonchev–Trinajstić information content (AvgIpc) is 2.43. The lowest BCUT2D eigenvalue weighted by molar-refractivity contribution is 0.657. The maximum Gasteiger partial charge on any atom is 0.0445 e. The minimum atomic E-state index is 0.147. The van der Waals surface area contributed by atoms with Crippen molar-refractivity contribution in [2.24, 2.45) is 0 Å². The molecule has 19 heavy (non-hydrogen) atoms. The molecule has 2 aromatic carbocycles. The molecule has 0 aromatic heterocycles. The summed E-state index contributed by atoms with van der Waals surface area (Å²) >= 11 is 6.69. The molecule has 2 aromatic rings. The highest BCUT2D eigenvalue weighted by atomic mass is 35.5. The lowest BCUT2D eigenvalue weighted by Crippen LogP contribution is -2.15. The van der Waals surface area contributed by atoms with Gasteiger partial charge in [0.2, 0.25) is 0 Å². The zero-order valence-electron chi connectivity index (χ0n) is 11.6. The molecule has 0 saturated heterocycles. The van der Waals surface area contributed by atoms with Gasteiger partial charge in [-0.05, 0) is 30.0 Å². The van der Waals surface area contributed by atoms with E-state index in [1.165, 1.54) is 16.7 Å². The first-order valence-electron chi connectivity index (χ1n) is 6.98. The predicted octanol–water partition coefficient (Wildman–Crippen LogP) is 5.53. The van der Waals surface area contributed by atoms with Crippen LogP contribution in [0.4, 0.5) is 0 Å². The minimum absolute atomic E-state index is 0.147. The lowest BCUT2D eigenvalue weighted by Gasteiger charge is -2.24. The number of hydrogen-bond donors (Lipinski definition) is 0. The first kappa shape index (κ1) is 14.1. The fourth-order valence-corrected chi connectivity index (χ4v) is 3.12. The van der Waals surface area contributed by atoms with Crippen molar-refractivity contribution in [3.8, 4) is 0 Å². The van der Waals surface area contributed by atoms with E-state index >= 15 is 0 Å². The predicted molar refractivity (Wildman–Crippen MR) is 84.0 cm³/mol. The summed E-state index contributed by atoms with van der Waals surface area (Å²) in [6.45, 7) is 4.36. The zero-order chi connectivity index (χ0) is 13.7. The third kappa shape index (κ3) is 3.39. The molecule has 0 radical (unpaired) electrons. The zero-order valence-corrected chi connectivity index (χ0v) is 12.4.